The van der Waals surface area contributed by atoms with E-state index in [9.17, 15) is 13.2 Å². The molecule has 0 fully saturated rings. The van der Waals surface area contributed by atoms with Crippen LogP contribution in [0.2, 0.25) is 0 Å². The second-order valence-electron chi connectivity index (χ2n) is 4.92. The first-order valence-corrected chi connectivity index (χ1v) is 9.38. The number of rotatable bonds is 6. The highest BCUT2D eigenvalue weighted by atomic mass is 79.9. The maximum atomic E-state index is 11.7. The lowest BCUT2D eigenvalue weighted by Gasteiger charge is -2.17. The van der Waals surface area contributed by atoms with Gasteiger partial charge in [0, 0.05) is 16.7 Å². The number of hydrogen-bond acceptors (Lipinski definition) is 4. The summed E-state index contributed by atoms with van der Waals surface area (Å²) in [4.78, 5) is 11.7. The second-order valence-corrected chi connectivity index (χ2v) is 8.34. The minimum atomic E-state index is -3.79. The van der Waals surface area contributed by atoms with Crippen molar-refractivity contribution in [3.05, 3.63) is 22.7 Å². The van der Waals surface area contributed by atoms with Gasteiger partial charge in [0.25, 0.3) is 15.0 Å². The Morgan fingerprint density at radius 3 is 2.48 bits per heavy atom. The number of carbonyl (C=O) groups is 1. The zero-order valence-corrected chi connectivity index (χ0v) is 15.0. The number of ether oxygens (including phenoxy) is 1. The third-order valence-corrected chi connectivity index (χ3v) is 4.90. The molecule has 1 amide bonds. The molecule has 1 atom stereocenters. The predicted molar refractivity (Wildman–Crippen MR) is 85.1 cm³/mol. The molecule has 0 heterocycles. The zero-order chi connectivity index (χ0) is 16.2. The normalized spacial score (nSPS) is 13.0. The van der Waals surface area contributed by atoms with E-state index in [0.717, 1.165) is 0 Å². The third-order valence-electron chi connectivity index (χ3n) is 2.93. The molecule has 1 aromatic rings. The molecule has 0 aliphatic carbocycles. The van der Waals surface area contributed by atoms with Gasteiger partial charge in [-0.05, 0) is 47.0 Å². The van der Waals surface area contributed by atoms with Gasteiger partial charge in [-0.3, -0.25) is 4.79 Å². The fraction of sp³-hybridized carbons (Fsp3) is 0.462. The Bertz CT molecular complexity index is 619. The van der Waals surface area contributed by atoms with E-state index < -0.39 is 9.05 Å². The lowest BCUT2D eigenvalue weighted by Crippen LogP contribution is -2.38. The summed E-state index contributed by atoms with van der Waals surface area (Å²) in [5, 5.41) is 2.81. The van der Waals surface area contributed by atoms with Crippen LogP contribution in [-0.4, -0.2) is 27.0 Å². The lowest BCUT2D eigenvalue weighted by molar-refractivity contribution is -0.124. The van der Waals surface area contributed by atoms with Crippen molar-refractivity contribution >= 4 is 41.6 Å². The molecule has 0 saturated carbocycles. The summed E-state index contributed by atoms with van der Waals surface area (Å²) in [6.45, 7) is 5.78. The second kappa shape index (κ2) is 7.47. The number of amides is 1. The first-order chi connectivity index (χ1) is 9.61. The van der Waals surface area contributed by atoms with E-state index in [1.807, 2.05) is 20.8 Å². The van der Waals surface area contributed by atoms with Gasteiger partial charge >= 0.3 is 0 Å². The van der Waals surface area contributed by atoms with E-state index in [4.69, 9.17) is 15.4 Å². The molecule has 21 heavy (non-hydrogen) atoms. The first-order valence-electron chi connectivity index (χ1n) is 6.27. The van der Waals surface area contributed by atoms with Crippen molar-refractivity contribution in [2.45, 2.75) is 31.7 Å². The van der Waals surface area contributed by atoms with Gasteiger partial charge in [-0.15, -0.1) is 0 Å². The van der Waals surface area contributed by atoms with Gasteiger partial charge in [-0.25, -0.2) is 8.42 Å². The average Bonchev–Trinajstić information content (AvgIpc) is 2.35. The topological polar surface area (TPSA) is 72.5 Å². The quantitative estimate of drug-likeness (QED) is 0.748. The molecule has 8 heteroatoms. The van der Waals surface area contributed by atoms with Crippen LogP contribution in [0.5, 0.6) is 5.75 Å². The van der Waals surface area contributed by atoms with Gasteiger partial charge < -0.3 is 10.1 Å². The highest BCUT2D eigenvalue weighted by Crippen LogP contribution is 2.29. The maximum Gasteiger partial charge on any atom is 0.261 e. The summed E-state index contributed by atoms with van der Waals surface area (Å²) < 4.78 is 28.1. The zero-order valence-electron chi connectivity index (χ0n) is 11.9. The van der Waals surface area contributed by atoms with Crippen molar-refractivity contribution in [1.82, 2.24) is 5.32 Å². The van der Waals surface area contributed by atoms with E-state index in [1.165, 1.54) is 18.2 Å². The highest BCUT2D eigenvalue weighted by molar-refractivity contribution is 9.10. The molecule has 1 aromatic carbocycles. The van der Waals surface area contributed by atoms with Gasteiger partial charge in [-0.1, -0.05) is 13.8 Å². The van der Waals surface area contributed by atoms with Crippen molar-refractivity contribution in [2.75, 3.05) is 6.61 Å². The van der Waals surface area contributed by atoms with Crippen LogP contribution in [-0.2, 0) is 13.8 Å². The SMILES string of the molecule is CC(C)C(C)NC(=O)COc1ccc(S(=O)(=O)Cl)cc1Br. The molecule has 1 unspecified atom stereocenters. The van der Waals surface area contributed by atoms with Crippen LogP contribution in [0.25, 0.3) is 0 Å². The van der Waals surface area contributed by atoms with Crippen LogP contribution >= 0.6 is 26.6 Å². The number of hydrogen-bond donors (Lipinski definition) is 1. The summed E-state index contributed by atoms with van der Waals surface area (Å²) in [5.74, 6) is 0.456. The Hall–Kier alpha value is -0.790. The number of benzene rings is 1. The molecule has 1 rings (SSSR count). The molecule has 5 nitrogen and oxygen atoms in total. The van der Waals surface area contributed by atoms with E-state index in [2.05, 4.69) is 21.2 Å². The largest absolute Gasteiger partial charge is 0.483 e. The van der Waals surface area contributed by atoms with Crippen LogP contribution in [0.4, 0.5) is 0 Å². The van der Waals surface area contributed by atoms with Crippen LogP contribution < -0.4 is 10.1 Å². The van der Waals surface area contributed by atoms with Crippen molar-refractivity contribution < 1.29 is 17.9 Å². The molecule has 1 N–H and O–H groups in total. The van der Waals surface area contributed by atoms with Gasteiger partial charge in [0.2, 0.25) is 0 Å². The molecule has 0 bridgehead atoms. The number of halogens is 2. The summed E-state index contributed by atoms with van der Waals surface area (Å²) >= 11 is 3.18. The molecular formula is C13H17BrClNO4S. The van der Waals surface area contributed by atoms with E-state index >= 15 is 0 Å². The van der Waals surface area contributed by atoms with Crippen molar-refractivity contribution in [3.8, 4) is 5.75 Å². The van der Waals surface area contributed by atoms with Gasteiger partial charge in [0.15, 0.2) is 6.61 Å². The Morgan fingerprint density at radius 2 is 2.00 bits per heavy atom. The standard InChI is InChI=1S/C13H17BrClNO4S/c1-8(2)9(3)16-13(17)7-20-12-5-4-10(6-11(12)14)21(15,18)19/h4-6,8-9H,7H2,1-3H3,(H,16,17). The van der Waals surface area contributed by atoms with Crippen LogP contribution in [0.1, 0.15) is 20.8 Å². The van der Waals surface area contributed by atoms with Crippen LogP contribution in [0, 0.1) is 5.92 Å². The summed E-state index contributed by atoms with van der Waals surface area (Å²) in [6.07, 6.45) is 0. The molecule has 0 aliphatic heterocycles. The third kappa shape index (κ3) is 5.84. The van der Waals surface area contributed by atoms with Gasteiger partial charge in [0.05, 0.1) is 9.37 Å². The lowest BCUT2D eigenvalue weighted by atomic mass is 10.1. The Balaban J connectivity index is 2.67. The molecule has 0 aliphatic rings. The molecule has 0 spiro atoms. The molecule has 0 aromatic heterocycles. The summed E-state index contributed by atoms with van der Waals surface area (Å²) in [6, 6.07) is 4.13. The smallest absolute Gasteiger partial charge is 0.261 e. The van der Waals surface area contributed by atoms with Gasteiger partial charge in [-0.2, -0.15) is 0 Å². The van der Waals surface area contributed by atoms with E-state index in [0.29, 0.717) is 16.1 Å². The Morgan fingerprint density at radius 1 is 1.38 bits per heavy atom. The monoisotopic (exact) mass is 397 g/mol. The van der Waals surface area contributed by atoms with Crippen LogP contribution in [0.15, 0.2) is 27.6 Å². The molecule has 0 radical (unpaired) electrons. The Kier molecular flexibility index (Phi) is 6.49. The minimum Gasteiger partial charge on any atom is -0.483 e. The van der Waals surface area contributed by atoms with Crippen molar-refractivity contribution in [1.29, 1.82) is 0 Å². The number of carbonyl (C=O) groups excluding carboxylic acids is 1. The highest BCUT2D eigenvalue weighted by Gasteiger charge is 2.14. The fourth-order valence-electron chi connectivity index (χ4n) is 1.36. The number of nitrogens with one attached hydrogen (secondary N) is 1. The summed E-state index contributed by atoms with van der Waals surface area (Å²) in [7, 11) is 1.45. The maximum absolute atomic E-state index is 11.7. The van der Waals surface area contributed by atoms with Crippen molar-refractivity contribution in [2.24, 2.45) is 5.92 Å². The first kappa shape index (κ1) is 18.3. The molecule has 118 valence electrons. The van der Waals surface area contributed by atoms with Gasteiger partial charge in [0.1, 0.15) is 5.75 Å². The van der Waals surface area contributed by atoms with Crippen molar-refractivity contribution in [3.63, 3.8) is 0 Å². The fourth-order valence-corrected chi connectivity index (χ4v) is 2.78. The minimum absolute atomic E-state index is 0.0405. The van der Waals surface area contributed by atoms with Crippen LogP contribution in [0.3, 0.4) is 0 Å². The summed E-state index contributed by atoms with van der Waals surface area (Å²) in [5.41, 5.74) is 0. The average molecular weight is 399 g/mol. The Labute approximate surface area is 137 Å². The predicted octanol–water partition coefficient (Wildman–Crippen LogP) is 2.92. The van der Waals surface area contributed by atoms with E-state index in [1.54, 1.807) is 0 Å². The molecule has 0 saturated heterocycles. The van der Waals surface area contributed by atoms with E-state index in [-0.39, 0.29) is 23.5 Å². The molecular weight excluding hydrogens is 382 g/mol.